The number of nitrogens with two attached hydrogens (primary N) is 1. The van der Waals surface area contributed by atoms with Crippen LogP contribution in [0.25, 0.3) is 11.0 Å². The molecule has 0 atom stereocenters. The minimum atomic E-state index is -0.479. The van der Waals surface area contributed by atoms with Crippen LogP contribution in [0.1, 0.15) is 27.5 Å². The first-order chi connectivity index (χ1) is 16.0. The summed E-state index contributed by atoms with van der Waals surface area (Å²) in [6.07, 6.45) is 1.75. The topological polar surface area (TPSA) is 67.4 Å². The number of halogens is 2. The van der Waals surface area contributed by atoms with E-state index in [0.29, 0.717) is 11.1 Å². The summed E-state index contributed by atoms with van der Waals surface area (Å²) in [5, 5.41) is 2.20. The first-order valence-corrected chi connectivity index (χ1v) is 10.8. The number of hydrogen-bond donors (Lipinski definition) is 1. The Morgan fingerprint density at radius 3 is 1.97 bits per heavy atom. The van der Waals surface area contributed by atoms with Gasteiger partial charge in [-0.05, 0) is 53.6 Å². The molecule has 0 unspecified atom stereocenters. The van der Waals surface area contributed by atoms with Crippen LogP contribution in [0.2, 0.25) is 0 Å². The van der Waals surface area contributed by atoms with E-state index in [1.165, 1.54) is 24.3 Å². The fraction of sp³-hybridized carbons (Fsp3) is 0.200. The maximum absolute atomic E-state index is 13.5. The lowest BCUT2D eigenvalue weighted by molar-refractivity contribution is 0.100. The zero-order valence-electron chi connectivity index (χ0n) is 17.9. The van der Waals surface area contributed by atoms with Gasteiger partial charge in [0.15, 0.2) is 0 Å². The van der Waals surface area contributed by atoms with Crippen LogP contribution in [-0.2, 0) is 0 Å². The largest absolute Gasteiger partial charge is 0.366 e. The second-order valence-electron chi connectivity index (χ2n) is 8.15. The molecule has 0 saturated carbocycles. The minimum Gasteiger partial charge on any atom is -0.366 e. The molecule has 1 aliphatic heterocycles. The van der Waals surface area contributed by atoms with E-state index in [1.54, 1.807) is 42.7 Å². The number of amides is 1. The fourth-order valence-corrected chi connectivity index (χ4v) is 4.47. The predicted molar refractivity (Wildman–Crippen MR) is 122 cm³/mol. The Morgan fingerprint density at radius 1 is 0.848 bits per heavy atom. The number of rotatable bonds is 5. The summed E-state index contributed by atoms with van der Waals surface area (Å²) in [6.45, 7) is 2.97. The molecule has 1 amide bonds. The summed E-state index contributed by atoms with van der Waals surface area (Å²) in [7, 11) is 0. The zero-order valence-corrected chi connectivity index (χ0v) is 17.9. The lowest BCUT2D eigenvalue weighted by Gasteiger charge is -2.41. The average molecular weight is 447 g/mol. The van der Waals surface area contributed by atoms with Crippen molar-refractivity contribution in [3.63, 3.8) is 0 Å². The smallest absolute Gasteiger partial charge is 0.248 e. The van der Waals surface area contributed by atoms with Gasteiger partial charge < -0.3 is 10.7 Å². The van der Waals surface area contributed by atoms with Crippen molar-refractivity contribution in [2.45, 2.75) is 6.04 Å². The highest BCUT2D eigenvalue weighted by atomic mass is 19.1. The third-order valence-corrected chi connectivity index (χ3v) is 6.14. The van der Waals surface area contributed by atoms with E-state index in [1.807, 2.05) is 10.7 Å². The van der Waals surface area contributed by atoms with Crippen molar-refractivity contribution in [3.05, 3.63) is 101 Å². The number of primary amides is 1. The average Bonchev–Trinajstić information content (AvgIpc) is 3.25. The molecule has 0 bridgehead atoms. The van der Waals surface area contributed by atoms with Crippen molar-refractivity contribution in [1.82, 2.24) is 14.6 Å². The summed E-state index contributed by atoms with van der Waals surface area (Å²) in [4.78, 5) is 18.2. The highest BCUT2D eigenvalue weighted by Crippen LogP contribution is 2.30. The summed E-state index contributed by atoms with van der Waals surface area (Å²) in [6, 6.07) is 18.1. The maximum atomic E-state index is 13.5. The van der Waals surface area contributed by atoms with Crippen molar-refractivity contribution in [1.29, 1.82) is 0 Å². The molecule has 2 heterocycles. The molecule has 33 heavy (non-hydrogen) atoms. The zero-order chi connectivity index (χ0) is 22.9. The third kappa shape index (κ3) is 4.17. The van der Waals surface area contributed by atoms with E-state index < -0.39 is 5.91 Å². The number of piperazine rings is 1. The van der Waals surface area contributed by atoms with Crippen LogP contribution in [0.3, 0.4) is 0 Å². The van der Waals surface area contributed by atoms with Crippen LogP contribution in [0.5, 0.6) is 0 Å². The van der Waals surface area contributed by atoms with Crippen molar-refractivity contribution >= 4 is 16.9 Å². The van der Waals surface area contributed by atoms with Gasteiger partial charge in [-0.2, -0.15) is 0 Å². The molecule has 5 rings (SSSR count). The highest BCUT2D eigenvalue weighted by Gasteiger charge is 2.27. The van der Waals surface area contributed by atoms with Crippen LogP contribution < -0.4 is 10.7 Å². The second-order valence-corrected chi connectivity index (χ2v) is 8.15. The second kappa shape index (κ2) is 8.63. The molecule has 1 aliphatic rings. The molecule has 3 aromatic carbocycles. The van der Waals surface area contributed by atoms with Gasteiger partial charge in [0.05, 0.1) is 17.1 Å². The number of nitrogens with zero attached hydrogens (tertiary/aromatic N) is 4. The number of carbonyl (C=O) groups excluding carboxylic acids is 1. The molecule has 8 heteroatoms. The van der Waals surface area contributed by atoms with E-state index >= 15 is 0 Å². The highest BCUT2D eigenvalue weighted by molar-refractivity contribution is 5.96. The summed E-state index contributed by atoms with van der Waals surface area (Å²) >= 11 is 0. The molecule has 4 aromatic rings. The van der Waals surface area contributed by atoms with Crippen LogP contribution in [0, 0.1) is 11.6 Å². The molecule has 0 radical (unpaired) electrons. The van der Waals surface area contributed by atoms with Gasteiger partial charge in [0.1, 0.15) is 18.0 Å². The molecule has 1 fully saturated rings. The number of aromatic nitrogens is 2. The van der Waals surface area contributed by atoms with Gasteiger partial charge in [0.25, 0.3) is 0 Å². The maximum Gasteiger partial charge on any atom is 0.248 e. The molecule has 168 valence electrons. The van der Waals surface area contributed by atoms with Gasteiger partial charge >= 0.3 is 0 Å². The molecule has 1 aromatic heterocycles. The molecule has 6 nitrogen and oxygen atoms in total. The standard InChI is InChI=1S/C25H23F2N5O/c26-20-6-1-17(2-7-20)24(18-3-8-21(27)9-4-18)30-11-13-31(14-12-30)32-16-29-22-15-19(25(28)33)5-10-23(22)32/h1-10,15-16,24H,11-14H2,(H2,28,33). The van der Waals surface area contributed by atoms with Gasteiger partial charge in [0, 0.05) is 31.7 Å². The lowest BCUT2D eigenvalue weighted by Crippen LogP contribution is -2.51. The van der Waals surface area contributed by atoms with E-state index in [-0.39, 0.29) is 17.7 Å². The van der Waals surface area contributed by atoms with Gasteiger partial charge in [-0.15, -0.1) is 0 Å². The first kappa shape index (κ1) is 21.1. The van der Waals surface area contributed by atoms with E-state index in [9.17, 15) is 13.6 Å². The van der Waals surface area contributed by atoms with Crippen LogP contribution in [0.4, 0.5) is 8.78 Å². The molecular formula is C25H23F2N5O. The van der Waals surface area contributed by atoms with Crippen molar-refractivity contribution in [3.8, 4) is 0 Å². The van der Waals surface area contributed by atoms with Crippen molar-refractivity contribution < 1.29 is 13.6 Å². The summed E-state index contributed by atoms with van der Waals surface area (Å²) in [5.74, 6) is -1.05. The predicted octanol–water partition coefficient (Wildman–Crippen LogP) is 3.46. The molecule has 0 aliphatic carbocycles. The van der Waals surface area contributed by atoms with Crippen molar-refractivity contribution in [2.24, 2.45) is 5.73 Å². The Bertz CT molecular complexity index is 1230. The van der Waals surface area contributed by atoms with Crippen LogP contribution in [0.15, 0.2) is 73.1 Å². The number of carbonyl (C=O) groups is 1. The first-order valence-electron chi connectivity index (χ1n) is 10.8. The Labute approximate surface area is 189 Å². The monoisotopic (exact) mass is 447 g/mol. The fourth-order valence-electron chi connectivity index (χ4n) is 4.47. The Hall–Kier alpha value is -3.78. The number of fused-ring (bicyclic) bond motifs is 1. The van der Waals surface area contributed by atoms with E-state index in [0.717, 1.165) is 42.8 Å². The third-order valence-electron chi connectivity index (χ3n) is 6.14. The summed E-state index contributed by atoms with van der Waals surface area (Å²) < 4.78 is 29.1. The lowest BCUT2D eigenvalue weighted by atomic mass is 9.96. The molecular weight excluding hydrogens is 424 g/mol. The van der Waals surface area contributed by atoms with Gasteiger partial charge in [-0.3, -0.25) is 9.69 Å². The van der Waals surface area contributed by atoms with Crippen LogP contribution >= 0.6 is 0 Å². The minimum absolute atomic E-state index is 0.106. The molecule has 2 N–H and O–H groups in total. The quantitative estimate of drug-likeness (QED) is 0.509. The molecule has 0 spiro atoms. The number of hydrogen-bond acceptors (Lipinski definition) is 4. The molecule has 1 saturated heterocycles. The Kier molecular flexibility index (Phi) is 5.51. The number of benzene rings is 3. The normalized spacial score (nSPS) is 14.8. The SMILES string of the molecule is NC(=O)c1ccc2c(c1)ncn2N1CCN(C(c2ccc(F)cc2)c2ccc(F)cc2)CC1. The van der Waals surface area contributed by atoms with Crippen LogP contribution in [-0.4, -0.2) is 46.6 Å². The number of imidazole rings is 1. The Morgan fingerprint density at radius 2 is 1.42 bits per heavy atom. The summed E-state index contributed by atoms with van der Waals surface area (Å²) in [5.41, 5.74) is 9.35. The van der Waals surface area contributed by atoms with Gasteiger partial charge in [-0.1, -0.05) is 24.3 Å². The Balaban J connectivity index is 1.39. The van der Waals surface area contributed by atoms with E-state index in [2.05, 4.69) is 14.9 Å². The van der Waals surface area contributed by atoms with E-state index in [4.69, 9.17) is 5.73 Å². The van der Waals surface area contributed by atoms with Gasteiger partial charge in [0.2, 0.25) is 5.91 Å². The van der Waals surface area contributed by atoms with Gasteiger partial charge in [-0.25, -0.2) is 18.4 Å². The van der Waals surface area contributed by atoms with Crippen molar-refractivity contribution in [2.75, 3.05) is 31.2 Å².